The second-order valence-electron chi connectivity index (χ2n) is 3.95. The van der Waals surface area contributed by atoms with Crippen molar-refractivity contribution in [3.05, 3.63) is 17.6 Å². The van der Waals surface area contributed by atoms with Crippen LogP contribution in [0.25, 0.3) is 0 Å². The molecule has 0 unspecified atom stereocenters. The Morgan fingerprint density at radius 1 is 1.27 bits per heavy atom. The Morgan fingerprint density at radius 3 is 2.60 bits per heavy atom. The summed E-state index contributed by atoms with van der Waals surface area (Å²) in [6.07, 6.45) is 3.04. The average molecular weight is 205 g/mol. The highest BCUT2D eigenvalue weighted by molar-refractivity contribution is 5.80. The molecule has 80 valence electrons. The average Bonchev–Trinajstić information content (AvgIpc) is 2.23. The van der Waals surface area contributed by atoms with Gasteiger partial charge in [-0.05, 0) is 13.8 Å². The first kappa shape index (κ1) is 10.1. The van der Waals surface area contributed by atoms with Crippen molar-refractivity contribution in [1.82, 2.24) is 9.97 Å². The third kappa shape index (κ3) is 2.14. The lowest BCUT2D eigenvalue weighted by Crippen LogP contribution is -2.35. The van der Waals surface area contributed by atoms with Gasteiger partial charge < -0.3 is 4.90 Å². The molecule has 1 aromatic rings. The van der Waals surface area contributed by atoms with Crippen LogP contribution in [0.15, 0.2) is 6.20 Å². The zero-order valence-corrected chi connectivity index (χ0v) is 9.16. The van der Waals surface area contributed by atoms with Crippen molar-refractivity contribution in [3.8, 4) is 0 Å². The van der Waals surface area contributed by atoms with E-state index in [4.69, 9.17) is 0 Å². The molecule has 0 aromatic carbocycles. The second kappa shape index (κ2) is 3.96. The van der Waals surface area contributed by atoms with Crippen LogP contribution >= 0.6 is 0 Å². The first-order chi connectivity index (χ1) is 7.16. The minimum atomic E-state index is 0.351. The van der Waals surface area contributed by atoms with Gasteiger partial charge in [-0.1, -0.05) is 0 Å². The maximum absolute atomic E-state index is 11.1. The van der Waals surface area contributed by atoms with E-state index in [-0.39, 0.29) is 0 Å². The largest absolute Gasteiger partial charge is 0.354 e. The first-order valence-corrected chi connectivity index (χ1v) is 5.23. The summed E-state index contributed by atoms with van der Waals surface area (Å²) in [5.41, 5.74) is 1.86. The Hall–Kier alpha value is -1.45. The number of anilines is 1. The van der Waals surface area contributed by atoms with E-state index < -0.39 is 0 Å². The number of carbonyl (C=O) groups excluding carboxylic acids is 1. The van der Waals surface area contributed by atoms with E-state index in [1.165, 1.54) is 0 Å². The summed E-state index contributed by atoms with van der Waals surface area (Å²) in [4.78, 5) is 22.0. The number of aromatic nitrogens is 2. The highest BCUT2D eigenvalue weighted by Crippen LogP contribution is 2.18. The highest BCUT2D eigenvalue weighted by atomic mass is 16.1. The molecule has 1 aliphatic heterocycles. The van der Waals surface area contributed by atoms with Crippen LogP contribution in [0.2, 0.25) is 0 Å². The Balaban J connectivity index is 2.21. The molecule has 0 spiro atoms. The molecule has 0 N–H and O–H groups in total. The fraction of sp³-hybridized carbons (Fsp3) is 0.545. The molecule has 15 heavy (non-hydrogen) atoms. The van der Waals surface area contributed by atoms with E-state index in [2.05, 4.69) is 14.9 Å². The molecule has 2 heterocycles. The van der Waals surface area contributed by atoms with Crippen LogP contribution in [0, 0.1) is 13.8 Å². The van der Waals surface area contributed by atoms with Crippen LogP contribution in [-0.4, -0.2) is 28.8 Å². The quantitative estimate of drug-likeness (QED) is 0.692. The highest BCUT2D eigenvalue weighted by Gasteiger charge is 2.19. The van der Waals surface area contributed by atoms with Crippen LogP contribution < -0.4 is 4.90 Å². The molecule has 1 saturated heterocycles. The van der Waals surface area contributed by atoms with Crippen molar-refractivity contribution >= 4 is 11.6 Å². The standard InChI is InChI=1S/C11H15N3O/c1-8-7-12-9(2)11(13-8)14-5-3-10(15)4-6-14/h7H,3-6H2,1-2H3. The summed E-state index contributed by atoms with van der Waals surface area (Å²) >= 11 is 0. The fourth-order valence-electron chi connectivity index (χ4n) is 1.79. The summed E-state index contributed by atoms with van der Waals surface area (Å²) in [7, 11) is 0. The molecule has 0 saturated carbocycles. The van der Waals surface area contributed by atoms with Crippen molar-refractivity contribution in [1.29, 1.82) is 0 Å². The van der Waals surface area contributed by atoms with E-state index in [1.807, 2.05) is 13.8 Å². The molecule has 0 amide bonds. The summed E-state index contributed by atoms with van der Waals surface area (Å²) in [5.74, 6) is 1.28. The van der Waals surface area contributed by atoms with Crippen molar-refractivity contribution in [3.63, 3.8) is 0 Å². The molecule has 4 heteroatoms. The molecule has 0 aliphatic carbocycles. The summed E-state index contributed by atoms with van der Waals surface area (Å²) < 4.78 is 0. The van der Waals surface area contributed by atoms with E-state index >= 15 is 0 Å². The molecular formula is C11H15N3O. The number of carbonyl (C=O) groups is 1. The van der Waals surface area contributed by atoms with E-state index in [1.54, 1.807) is 6.20 Å². The van der Waals surface area contributed by atoms with Crippen LogP contribution in [0.4, 0.5) is 5.82 Å². The summed E-state index contributed by atoms with van der Waals surface area (Å²) in [5, 5.41) is 0. The van der Waals surface area contributed by atoms with Crippen molar-refractivity contribution in [2.24, 2.45) is 0 Å². The van der Waals surface area contributed by atoms with Gasteiger partial charge in [0.15, 0.2) is 0 Å². The zero-order valence-electron chi connectivity index (χ0n) is 9.16. The van der Waals surface area contributed by atoms with Crippen molar-refractivity contribution in [2.45, 2.75) is 26.7 Å². The number of nitrogens with zero attached hydrogens (tertiary/aromatic N) is 3. The Morgan fingerprint density at radius 2 is 1.93 bits per heavy atom. The molecular weight excluding hydrogens is 190 g/mol. The Labute approximate surface area is 89.3 Å². The first-order valence-electron chi connectivity index (χ1n) is 5.23. The van der Waals surface area contributed by atoms with Crippen LogP contribution in [0.5, 0.6) is 0 Å². The predicted octanol–water partition coefficient (Wildman–Crippen LogP) is 1.26. The fourth-order valence-corrected chi connectivity index (χ4v) is 1.79. The molecule has 1 aliphatic rings. The van der Waals surface area contributed by atoms with Gasteiger partial charge in [-0.3, -0.25) is 9.78 Å². The van der Waals surface area contributed by atoms with Crippen LogP contribution in [0.1, 0.15) is 24.2 Å². The lowest BCUT2D eigenvalue weighted by atomic mass is 10.1. The molecule has 1 aromatic heterocycles. The van der Waals surface area contributed by atoms with Crippen molar-refractivity contribution < 1.29 is 4.79 Å². The van der Waals surface area contributed by atoms with E-state index in [0.29, 0.717) is 18.6 Å². The molecule has 0 bridgehead atoms. The van der Waals surface area contributed by atoms with E-state index in [0.717, 1.165) is 30.3 Å². The number of aryl methyl sites for hydroxylation is 2. The Bertz CT molecular complexity index is 379. The van der Waals surface area contributed by atoms with E-state index in [9.17, 15) is 4.79 Å². The number of Topliss-reactive ketones (excluding diaryl/α,β-unsaturated/α-hetero) is 1. The van der Waals surface area contributed by atoms with Gasteiger partial charge >= 0.3 is 0 Å². The van der Waals surface area contributed by atoms with Gasteiger partial charge in [-0.25, -0.2) is 4.98 Å². The van der Waals surface area contributed by atoms with Crippen molar-refractivity contribution in [2.75, 3.05) is 18.0 Å². The normalized spacial score (nSPS) is 16.9. The van der Waals surface area contributed by atoms with Gasteiger partial charge in [0.1, 0.15) is 11.6 Å². The van der Waals surface area contributed by atoms with Gasteiger partial charge in [0.05, 0.1) is 11.4 Å². The summed E-state index contributed by atoms with van der Waals surface area (Å²) in [6, 6.07) is 0. The SMILES string of the molecule is Cc1cnc(C)c(N2CCC(=O)CC2)n1. The molecule has 0 atom stereocenters. The minimum absolute atomic E-state index is 0.351. The third-order valence-electron chi connectivity index (χ3n) is 2.67. The van der Waals surface area contributed by atoms with Crippen LogP contribution in [-0.2, 0) is 4.79 Å². The Kier molecular flexibility index (Phi) is 2.66. The second-order valence-corrected chi connectivity index (χ2v) is 3.95. The van der Waals surface area contributed by atoms with Gasteiger partial charge in [0.2, 0.25) is 0 Å². The monoisotopic (exact) mass is 205 g/mol. The van der Waals surface area contributed by atoms with Gasteiger partial charge in [0.25, 0.3) is 0 Å². The lowest BCUT2D eigenvalue weighted by molar-refractivity contribution is -0.119. The number of ketones is 1. The third-order valence-corrected chi connectivity index (χ3v) is 2.67. The number of piperidine rings is 1. The maximum Gasteiger partial charge on any atom is 0.150 e. The maximum atomic E-state index is 11.1. The number of hydrogen-bond donors (Lipinski definition) is 0. The topological polar surface area (TPSA) is 46.1 Å². The van der Waals surface area contributed by atoms with Crippen LogP contribution in [0.3, 0.4) is 0 Å². The van der Waals surface area contributed by atoms with Gasteiger partial charge in [-0.15, -0.1) is 0 Å². The predicted molar refractivity (Wildman–Crippen MR) is 58.0 cm³/mol. The smallest absolute Gasteiger partial charge is 0.150 e. The number of rotatable bonds is 1. The molecule has 1 fully saturated rings. The van der Waals surface area contributed by atoms with Gasteiger partial charge in [0, 0.05) is 32.1 Å². The zero-order chi connectivity index (χ0) is 10.8. The molecule has 4 nitrogen and oxygen atoms in total. The molecule has 0 radical (unpaired) electrons. The summed E-state index contributed by atoms with van der Waals surface area (Å²) in [6.45, 7) is 5.44. The minimum Gasteiger partial charge on any atom is -0.354 e. The number of hydrogen-bond acceptors (Lipinski definition) is 4. The lowest BCUT2D eigenvalue weighted by Gasteiger charge is -2.28. The molecule has 2 rings (SSSR count). The van der Waals surface area contributed by atoms with Gasteiger partial charge in [-0.2, -0.15) is 0 Å².